The lowest BCUT2D eigenvalue weighted by molar-refractivity contribution is -0.138. The molecule has 1 unspecified atom stereocenters. The number of rotatable bonds is 4. The average Bonchev–Trinajstić information content (AvgIpc) is 2.35. The second-order valence-electron chi connectivity index (χ2n) is 3.74. The highest BCUT2D eigenvalue weighted by atomic mass is 19.4. The van der Waals surface area contributed by atoms with Crippen LogP contribution in [0.15, 0.2) is 24.3 Å². The van der Waals surface area contributed by atoms with Gasteiger partial charge in [0.05, 0.1) is 18.2 Å². The Labute approximate surface area is 108 Å². The first-order valence-corrected chi connectivity index (χ1v) is 5.69. The van der Waals surface area contributed by atoms with Gasteiger partial charge in [0, 0.05) is 6.54 Å². The summed E-state index contributed by atoms with van der Waals surface area (Å²) in [5.41, 5.74) is 4.53. The fourth-order valence-corrected chi connectivity index (χ4v) is 1.64. The maximum atomic E-state index is 12.8. The number of carbonyl (C=O) groups excluding carboxylic acids is 1. The maximum absolute atomic E-state index is 12.8. The minimum absolute atomic E-state index is 0.0782. The summed E-state index contributed by atoms with van der Waals surface area (Å²) in [4.78, 5) is 11.3. The summed E-state index contributed by atoms with van der Waals surface area (Å²) in [5, 5.41) is 2.31. The van der Waals surface area contributed by atoms with E-state index in [2.05, 4.69) is 10.1 Å². The molecule has 0 bridgehead atoms. The lowest BCUT2D eigenvalue weighted by Crippen LogP contribution is -2.35. The summed E-state index contributed by atoms with van der Waals surface area (Å²) in [6, 6.07) is 4.03. The van der Waals surface area contributed by atoms with Gasteiger partial charge in [0.15, 0.2) is 0 Å². The lowest BCUT2D eigenvalue weighted by Gasteiger charge is -2.21. The summed E-state index contributed by atoms with van der Waals surface area (Å²) in [6.45, 7) is 1.57. The monoisotopic (exact) mass is 276 g/mol. The summed E-state index contributed by atoms with van der Waals surface area (Å²) < 4.78 is 43.2. The molecule has 1 rings (SSSR count). The van der Waals surface area contributed by atoms with E-state index in [9.17, 15) is 18.0 Å². The van der Waals surface area contributed by atoms with Gasteiger partial charge in [-0.05, 0) is 18.6 Å². The van der Waals surface area contributed by atoms with Crippen LogP contribution in [0.25, 0.3) is 0 Å². The topological polar surface area (TPSA) is 64.3 Å². The molecule has 0 aromatic heterocycles. The van der Waals surface area contributed by atoms with E-state index in [1.807, 2.05) is 0 Å². The molecule has 1 atom stereocenters. The van der Waals surface area contributed by atoms with E-state index >= 15 is 0 Å². The van der Waals surface area contributed by atoms with Crippen molar-refractivity contribution in [3.63, 3.8) is 0 Å². The fraction of sp³-hybridized carbons (Fsp3) is 0.417. The molecular weight excluding hydrogens is 261 g/mol. The first kappa shape index (κ1) is 15.3. The molecule has 106 valence electrons. The molecule has 1 aromatic rings. The van der Waals surface area contributed by atoms with Crippen LogP contribution in [-0.4, -0.2) is 19.2 Å². The highest BCUT2D eigenvalue weighted by Crippen LogP contribution is 2.34. The van der Waals surface area contributed by atoms with Crippen molar-refractivity contribution in [2.24, 2.45) is 5.73 Å². The third-order valence-electron chi connectivity index (χ3n) is 2.44. The van der Waals surface area contributed by atoms with Gasteiger partial charge in [-0.2, -0.15) is 13.2 Å². The van der Waals surface area contributed by atoms with Crippen molar-refractivity contribution in [2.45, 2.75) is 19.1 Å². The summed E-state index contributed by atoms with van der Waals surface area (Å²) in [6.07, 6.45) is -5.30. The molecule has 1 aromatic carbocycles. The van der Waals surface area contributed by atoms with E-state index in [1.54, 1.807) is 6.92 Å². The van der Waals surface area contributed by atoms with Crippen LogP contribution >= 0.6 is 0 Å². The van der Waals surface area contributed by atoms with E-state index in [-0.39, 0.29) is 18.7 Å². The zero-order chi connectivity index (χ0) is 14.5. The van der Waals surface area contributed by atoms with Crippen molar-refractivity contribution in [2.75, 3.05) is 13.2 Å². The van der Waals surface area contributed by atoms with Gasteiger partial charge < -0.3 is 15.8 Å². The SMILES string of the molecule is CCOC(=O)NC(CN)c1ccccc1C(F)(F)F. The van der Waals surface area contributed by atoms with Gasteiger partial charge in [0.2, 0.25) is 0 Å². The number of ether oxygens (including phenoxy) is 1. The molecule has 0 aliphatic rings. The summed E-state index contributed by atoms with van der Waals surface area (Å²) in [5.74, 6) is 0. The maximum Gasteiger partial charge on any atom is 0.416 e. The standard InChI is InChI=1S/C12H15F3N2O2/c1-2-19-11(18)17-10(7-16)8-5-3-4-6-9(8)12(13,14)15/h3-6,10H,2,7,16H2,1H3,(H,17,18). The zero-order valence-corrected chi connectivity index (χ0v) is 10.3. The minimum atomic E-state index is -4.50. The van der Waals surface area contributed by atoms with Crippen LogP contribution in [-0.2, 0) is 10.9 Å². The summed E-state index contributed by atoms with van der Waals surface area (Å²) >= 11 is 0. The smallest absolute Gasteiger partial charge is 0.416 e. The summed E-state index contributed by atoms with van der Waals surface area (Å²) in [7, 11) is 0. The Balaban J connectivity index is 3.02. The van der Waals surface area contributed by atoms with Gasteiger partial charge in [0.1, 0.15) is 0 Å². The van der Waals surface area contributed by atoms with E-state index in [0.717, 1.165) is 6.07 Å². The predicted molar refractivity (Wildman–Crippen MR) is 63.4 cm³/mol. The van der Waals surface area contributed by atoms with Crippen LogP contribution in [0.4, 0.5) is 18.0 Å². The molecule has 3 N–H and O–H groups in total. The number of hydrogen-bond donors (Lipinski definition) is 2. The van der Waals surface area contributed by atoms with E-state index < -0.39 is 23.9 Å². The van der Waals surface area contributed by atoms with Gasteiger partial charge in [-0.15, -0.1) is 0 Å². The van der Waals surface area contributed by atoms with Crippen molar-refractivity contribution in [3.8, 4) is 0 Å². The molecule has 19 heavy (non-hydrogen) atoms. The van der Waals surface area contributed by atoms with Crippen molar-refractivity contribution in [1.29, 1.82) is 0 Å². The van der Waals surface area contributed by atoms with Crippen LogP contribution in [0.5, 0.6) is 0 Å². The number of amides is 1. The number of alkyl halides is 3. The minimum Gasteiger partial charge on any atom is -0.450 e. The third kappa shape index (κ3) is 4.13. The largest absolute Gasteiger partial charge is 0.450 e. The Morgan fingerprint density at radius 2 is 2.05 bits per heavy atom. The van der Waals surface area contributed by atoms with Crippen LogP contribution < -0.4 is 11.1 Å². The van der Waals surface area contributed by atoms with Crippen LogP contribution in [0.2, 0.25) is 0 Å². The van der Waals surface area contributed by atoms with Crippen LogP contribution in [0, 0.1) is 0 Å². The Morgan fingerprint density at radius 3 is 2.58 bits per heavy atom. The molecule has 0 radical (unpaired) electrons. The molecule has 1 amide bonds. The second-order valence-corrected chi connectivity index (χ2v) is 3.74. The molecule has 0 fully saturated rings. The number of benzene rings is 1. The molecule has 0 spiro atoms. The molecule has 7 heteroatoms. The van der Waals surface area contributed by atoms with Gasteiger partial charge in [-0.3, -0.25) is 0 Å². The van der Waals surface area contributed by atoms with Crippen LogP contribution in [0.1, 0.15) is 24.1 Å². The molecule has 0 saturated carbocycles. The molecule has 0 saturated heterocycles. The Kier molecular flexibility index (Phi) is 5.17. The number of nitrogens with two attached hydrogens (primary N) is 1. The zero-order valence-electron chi connectivity index (χ0n) is 10.3. The molecule has 0 aliphatic heterocycles. The number of hydrogen-bond acceptors (Lipinski definition) is 3. The third-order valence-corrected chi connectivity index (χ3v) is 2.44. The van der Waals surface area contributed by atoms with E-state index in [0.29, 0.717) is 0 Å². The van der Waals surface area contributed by atoms with Crippen molar-refractivity contribution in [1.82, 2.24) is 5.32 Å². The number of alkyl carbamates (subject to hydrolysis) is 1. The quantitative estimate of drug-likeness (QED) is 0.887. The average molecular weight is 276 g/mol. The van der Waals surface area contributed by atoms with Crippen molar-refractivity contribution < 1.29 is 22.7 Å². The molecule has 0 heterocycles. The van der Waals surface area contributed by atoms with Crippen LogP contribution in [0.3, 0.4) is 0 Å². The first-order valence-electron chi connectivity index (χ1n) is 5.69. The first-order chi connectivity index (χ1) is 8.90. The van der Waals surface area contributed by atoms with Gasteiger partial charge in [0.25, 0.3) is 0 Å². The molecule has 0 aliphatic carbocycles. The van der Waals surface area contributed by atoms with E-state index in [1.165, 1.54) is 18.2 Å². The number of halogens is 3. The van der Waals surface area contributed by atoms with E-state index in [4.69, 9.17) is 5.73 Å². The van der Waals surface area contributed by atoms with Crippen molar-refractivity contribution >= 4 is 6.09 Å². The fourth-order valence-electron chi connectivity index (χ4n) is 1.64. The number of nitrogens with one attached hydrogen (secondary N) is 1. The Hall–Kier alpha value is -1.76. The molecule has 4 nitrogen and oxygen atoms in total. The predicted octanol–water partition coefficient (Wildman–Crippen LogP) is 2.45. The van der Waals surface area contributed by atoms with Crippen molar-refractivity contribution in [3.05, 3.63) is 35.4 Å². The van der Waals surface area contributed by atoms with Gasteiger partial charge >= 0.3 is 12.3 Å². The lowest BCUT2D eigenvalue weighted by atomic mass is 10.00. The highest BCUT2D eigenvalue weighted by molar-refractivity contribution is 5.68. The highest BCUT2D eigenvalue weighted by Gasteiger charge is 2.35. The molecular formula is C12H15F3N2O2. The Bertz CT molecular complexity index is 435. The number of carbonyl (C=O) groups is 1. The second kappa shape index (κ2) is 6.42. The normalized spacial score (nSPS) is 12.9. The van der Waals surface area contributed by atoms with Gasteiger partial charge in [-0.25, -0.2) is 4.79 Å². The Morgan fingerprint density at radius 1 is 1.42 bits per heavy atom. The van der Waals surface area contributed by atoms with Gasteiger partial charge in [-0.1, -0.05) is 18.2 Å².